The van der Waals surface area contributed by atoms with Crippen molar-refractivity contribution < 1.29 is 4.92 Å². The van der Waals surface area contributed by atoms with E-state index in [2.05, 4.69) is 28.1 Å². The van der Waals surface area contributed by atoms with Gasteiger partial charge < -0.3 is 0 Å². The first kappa shape index (κ1) is 14.7. The maximum atomic E-state index is 11.0. The molecule has 4 heteroatoms. The first-order valence-electron chi connectivity index (χ1n) is 6.57. The number of aryl methyl sites for hydroxylation is 1. The predicted octanol–water partition coefficient (Wildman–Crippen LogP) is 4.53. The zero-order valence-corrected chi connectivity index (χ0v) is 12.6. The Hall–Kier alpha value is -1.68. The van der Waals surface area contributed by atoms with E-state index in [9.17, 15) is 10.1 Å². The number of rotatable bonds is 6. The van der Waals surface area contributed by atoms with Crippen LogP contribution in [0.4, 0.5) is 5.69 Å². The molecule has 0 amide bonds. The van der Waals surface area contributed by atoms with Crippen LogP contribution in [0.2, 0.25) is 0 Å². The summed E-state index contributed by atoms with van der Waals surface area (Å²) < 4.78 is 0. The monoisotopic (exact) mass is 333 g/mol. The van der Waals surface area contributed by atoms with Gasteiger partial charge in [0.15, 0.2) is 0 Å². The van der Waals surface area contributed by atoms with Crippen molar-refractivity contribution in [3.05, 3.63) is 75.8 Å². The molecule has 0 N–H and O–H groups in total. The number of hydrogen-bond donors (Lipinski definition) is 0. The lowest BCUT2D eigenvalue weighted by atomic mass is 10.0. The average molecular weight is 334 g/mol. The maximum Gasteiger partial charge on any atom is 0.272 e. The van der Waals surface area contributed by atoms with E-state index in [1.807, 2.05) is 30.3 Å². The minimum Gasteiger partial charge on any atom is -0.258 e. The van der Waals surface area contributed by atoms with Gasteiger partial charge in [-0.15, -0.1) is 0 Å². The lowest BCUT2D eigenvalue weighted by Gasteiger charge is -2.10. The van der Waals surface area contributed by atoms with Gasteiger partial charge in [-0.05, 0) is 24.8 Å². The fraction of sp³-hybridized carbons (Fsp3) is 0.250. The third-order valence-electron chi connectivity index (χ3n) is 3.22. The van der Waals surface area contributed by atoms with Gasteiger partial charge in [-0.25, -0.2) is 0 Å². The van der Waals surface area contributed by atoms with Gasteiger partial charge in [0, 0.05) is 16.5 Å². The Morgan fingerprint density at radius 2 is 1.70 bits per heavy atom. The number of hydrogen-bond acceptors (Lipinski definition) is 2. The summed E-state index contributed by atoms with van der Waals surface area (Å²) in [6.45, 7) is 0. The smallest absolute Gasteiger partial charge is 0.258 e. The van der Waals surface area contributed by atoms with Gasteiger partial charge in [-0.3, -0.25) is 10.1 Å². The van der Waals surface area contributed by atoms with Crippen LogP contribution in [0.1, 0.15) is 17.5 Å². The van der Waals surface area contributed by atoms with Gasteiger partial charge in [-0.2, -0.15) is 0 Å². The SMILES string of the molecule is O=[N+]([O-])c1ccccc1CC(Br)CCc1ccccc1. The van der Waals surface area contributed by atoms with Crippen LogP contribution >= 0.6 is 15.9 Å². The molecule has 0 saturated carbocycles. The number of halogens is 1. The standard InChI is InChI=1S/C16H16BrNO2/c17-15(11-10-13-6-2-1-3-7-13)12-14-8-4-5-9-16(14)18(19)20/h1-9,15H,10-12H2. The normalized spacial score (nSPS) is 12.1. The molecule has 2 rings (SSSR count). The van der Waals surface area contributed by atoms with E-state index in [1.165, 1.54) is 5.56 Å². The molecule has 0 saturated heterocycles. The van der Waals surface area contributed by atoms with Gasteiger partial charge in [0.2, 0.25) is 0 Å². The summed E-state index contributed by atoms with van der Waals surface area (Å²) in [5.74, 6) is 0. The zero-order valence-electron chi connectivity index (χ0n) is 11.0. The molecule has 0 fully saturated rings. The third kappa shape index (κ3) is 4.17. The van der Waals surface area contributed by atoms with Gasteiger partial charge in [0.1, 0.15) is 0 Å². The van der Waals surface area contributed by atoms with E-state index in [0.717, 1.165) is 18.4 Å². The highest BCUT2D eigenvalue weighted by Gasteiger charge is 2.15. The number of nitro benzene ring substituents is 1. The van der Waals surface area contributed by atoms with Crippen molar-refractivity contribution in [3.63, 3.8) is 0 Å². The van der Waals surface area contributed by atoms with E-state index < -0.39 is 0 Å². The van der Waals surface area contributed by atoms with Gasteiger partial charge in [-0.1, -0.05) is 64.5 Å². The molecule has 20 heavy (non-hydrogen) atoms. The van der Waals surface area contributed by atoms with Gasteiger partial charge >= 0.3 is 0 Å². The van der Waals surface area contributed by atoms with Crippen molar-refractivity contribution in [3.8, 4) is 0 Å². The Labute approximate surface area is 126 Å². The highest BCUT2D eigenvalue weighted by molar-refractivity contribution is 9.09. The van der Waals surface area contributed by atoms with Gasteiger partial charge in [0.25, 0.3) is 5.69 Å². The molecule has 0 aromatic heterocycles. The molecular weight excluding hydrogens is 318 g/mol. The molecule has 0 radical (unpaired) electrons. The summed E-state index contributed by atoms with van der Waals surface area (Å²) in [6, 6.07) is 17.2. The van der Waals surface area contributed by atoms with Crippen molar-refractivity contribution >= 4 is 21.6 Å². The van der Waals surface area contributed by atoms with E-state index in [1.54, 1.807) is 12.1 Å². The Morgan fingerprint density at radius 1 is 1.05 bits per heavy atom. The lowest BCUT2D eigenvalue weighted by molar-refractivity contribution is -0.385. The number of alkyl halides is 1. The lowest BCUT2D eigenvalue weighted by Crippen LogP contribution is -2.06. The van der Waals surface area contributed by atoms with Crippen LogP contribution in [0.5, 0.6) is 0 Å². The molecule has 2 aromatic carbocycles. The van der Waals surface area contributed by atoms with E-state index in [-0.39, 0.29) is 15.4 Å². The molecule has 0 aliphatic carbocycles. The quantitative estimate of drug-likeness (QED) is 0.442. The van der Waals surface area contributed by atoms with Crippen LogP contribution in [0, 0.1) is 10.1 Å². The van der Waals surface area contributed by atoms with Gasteiger partial charge in [0.05, 0.1) is 4.92 Å². The molecule has 104 valence electrons. The molecule has 0 bridgehead atoms. The topological polar surface area (TPSA) is 43.1 Å². The summed E-state index contributed by atoms with van der Waals surface area (Å²) in [4.78, 5) is 10.9. The van der Waals surface area contributed by atoms with Crippen molar-refractivity contribution in [1.29, 1.82) is 0 Å². The molecule has 1 atom stereocenters. The van der Waals surface area contributed by atoms with Crippen LogP contribution in [0.25, 0.3) is 0 Å². The highest BCUT2D eigenvalue weighted by atomic mass is 79.9. The van der Waals surface area contributed by atoms with E-state index >= 15 is 0 Å². The molecule has 3 nitrogen and oxygen atoms in total. The largest absolute Gasteiger partial charge is 0.272 e. The number of nitro groups is 1. The molecule has 0 spiro atoms. The molecule has 0 aliphatic rings. The first-order valence-corrected chi connectivity index (χ1v) is 7.48. The first-order chi connectivity index (χ1) is 9.66. The Balaban J connectivity index is 1.95. The number of nitrogens with zero attached hydrogens (tertiary/aromatic N) is 1. The van der Waals surface area contributed by atoms with Crippen molar-refractivity contribution in [2.45, 2.75) is 24.1 Å². The molecular formula is C16H16BrNO2. The van der Waals surface area contributed by atoms with Crippen LogP contribution < -0.4 is 0 Å². The summed E-state index contributed by atoms with van der Waals surface area (Å²) in [5, 5.41) is 11.0. The summed E-state index contributed by atoms with van der Waals surface area (Å²) in [5.41, 5.74) is 2.28. The maximum absolute atomic E-state index is 11.0. The van der Waals surface area contributed by atoms with Crippen LogP contribution in [-0.2, 0) is 12.8 Å². The zero-order chi connectivity index (χ0) is 14.4. The van der Waals surface area contributed by atoms with Crippen LogP contribution in [-0.4, -0.2) is 9.75 Å². The number of benzene rings is 2. The molecule has 2 aromatic rings. The van der Waals surface area contributed by atoms with Crippen molar-refractivity contribution in [1.82, 2.24) is 0 Å². The van der Waals surface area contributed by atoms with E-state index in [4.69, 9.17) is 0 Å². The Kier molecular flexibility index (Phi) is 5.30. The minimum absolute atomic E-state index is 0.205. The Morgan fingerprint density at radius 3 is 2.40 bits per heavy atom. The Bertz CT molecular complexity index is 572. The fourth-order valence-corrected chi connectivity index (χ4v) is 2.75. The third-order valence-corrected chi connectivity index (χ3v) is 4.00. The second kappa shape index (κ2) is 7.20. The van der Waals surface area contributed by atoms with E-state index in [0.29, 0.717) is 6.42 Å². The summed E-state index contributed by atoms with van der Waals surface area (Å²) in [7, 11) is 0. The number of para-hydroxylation sites is 1. The predicted molar refractivity (Wildman–Crippen MR) is 84.3 cm³/mol. The fourth-order valence-electron chi connectivity index (χ4n) is 2.17. The molecule has 1 unspecified atom stereocenters. The second-order valence-corrected chi connectivity index (χ2v) is 6.01. The molecule has 0 heterocycles. The minimum atomic E-state index is -0.313. The van der Waals surface area contributed by atoms with Crippen molar-refractivity contribution in [2.24, 2.45) is 0 Å². The average Bonchev–Trinajstić information content (AvgIpc) is 2.46. The second-order valence-electron chi connectivity index (χ2n) is 4.71. The highest BCUT2D eigenvalue weighted by Crippen LogP contribution is 2.23. The van der Waals surface area contributed by atoms with Crippen LogP contribution in [0.15, 0.2) is 54.6 Å². The summed E-state index contributed by atoms with van der Waals surface area (Å²) in [6.07, 6.45) is 2.59. The van der Waals surface area contributed by atoms with Crippen LogP contribution in [0.3, 0.4) is 0 Å². The molecule has 0 aliphatic heterocycles. The summed E-state index contributed by atoms with van der Waals surface area (Å²) >= 11 is 3.63. The van der Waals surface area contributed by atoms with Crippen molar-refractivity contribution in [2.75, 3.05) is 0 Å².